The highest BCUT2D eigenvalue weighted by Crippen LogP contribution is 2.29. The molecule has 0 saturated heterocycles. The zero-order valence-corrected chi connectivity index (χ0v) is 13.4. The first-order valence-electron chi connectivity index (χ1n) is 7.46. The van der Waals surface area contributed by atoms with E-state index < -0.39 is 0 Å². The second-order valence-electron chi connectivity index (χ2n) is 7.13. The highest BCUT2D eigenvalue weighted by atomic mass is 15.3. The summed E-state index contributed by atoms with van der Waals surface area (Å²) in [6.07, 6.45) is 0. The predicted molar refractivity (Wildman–Crippen MR) is 85.9 cm³/mol. The van der Waals surface area contributed by atoms with Gasteiger partial charge in [0, 0.05) is 6.54 Å². The van der Waals surface area contributed by atoms with Crippen molar-refractivity contribution in [2.24, 2.45) is 16.6 Å². The molecule has 0 radical (unpaired) electrons. The van der Waals surface area contributed by atoms with Crippen molar-refractivity contribution in [2.45, 2.75) is 46.1 Å². The second kappa shape index (κ2) is 5.47. The van der Waals surface area contributed by atoms with Crippen molar-refractivity contribution in [1.82, 2.24) is 4.90 Å². The van der Waals surface area contributed by atoms with Crippen molar-refractivity contribution in [3.63, 3.8) is 0 Å². The predicted octanol–water partition coefficient (Wildman–Crippen LogP) is 3.31. The van der Waals surface area contributed by atoms with E-state index >= 15 is 0 Å². The number of rotatable bonds is 3. The van der Waals surface area contributed by atoms with Crippen molar-refractivity contribution in [1.29, 1.82) is 0 Å². The Hall–Kier alpha value is -1.51. The van der Waals surface area contributed by atoms with E-state index in [1.807, 2.05) is 0 Å². The fraction of sp³-hybridized carbons (Fsp3) is 0.588. The summed E-state index contributed by atoms with van der Waals surface area (Å²) >= 11 is 0. The van der Waals surface area contributed by atoms with E-state index in [9.17, 15) is 0 Å². The highest BCUT2D eigenvalue weighted by molar-refractivity contribution is 5.80. The zero-order chi connectivity index (χ0) is 14.9. The lowest BCUT2D eigenvalue weighted by atomic mass is 9.86. The van der Waals surface area contributed by atoms with E-state index in [1.54, 1.807) is 0 Å². The fourth-order valence-electron chi connectivity index (χ4n) is 2.63. The van der Waals surface area contributed by atoms with Gasteiger partial charge in [-0.15, -0.1) is 0 Å². The summed E-state index contributed by atoms with van der Waals surface area (Å²) < 4.78 is 0. The Morgan fingerprint density at radius 2 is 1.85 bits per heavy atom. The minimum Gasteiger partial charge on any atom is -0.370 e. The molecule has 1 atom stereocenters. The van der Waals surface area contributed by atoms with E-state index in [0.717, 1.165) is 13.1 Å². The van der Waals surface area contributed by atoms with Gasteiger partial charge in [-0.05, 0) is 22.5 Å². The summed E-state index contributed by atoms with van der Waals surface area (Å²) in [6.45, 7) is 12.9. The van der Waals surface area contributed by atoms with Gasteiger partial charge in [-0.3, -0.25) is 4.99 Å². The number of nitrogens with zero attached hydrogens (tertiary/aromatic N) is 2. The third-order valence-electron chi connectivity index (χ3n) is 3.82. The molecule has 2 N–H and O–H groups in total. The van der Waals surface area contributed by atoms with E-state index in [0.29, 0.717) is 17.9 Å². The van der Waals surface area contributed by atoms with Crippen molar-refractivity contribution in [2.75, 3.05) is 13.1 Å². The smallest absolute Gasteiger partial charge is 0.191 e. The van der Waals surface area contributed by atoms with Crippen molar-refractivity contribution in [3.05, 3.63) is 35.4 Å². The number of aliphatic imine (C=N–C) groups is 1. The molecule has 110 valence electrons. The number of nitrogens with two attached hydrogens (primary N) is 1. The Labute approximate surface area is 122 Å². The third-order valence-corrected chi connectivity index (χ3v) is 3.82. The van der Waals surface area contributed by atoms with Gasteiger partial charge in [0.05, 0.1) is 12.6 Å². The molecule has 1 aliphatic heterocycles. The third kappa shape index (κ3) is 3.14. The first-order valence-corrected chi connectivity index (χ1v) is 7.46. The largest absolute Gasteiger partial charge is 0.370 e. The molecule has 3 heteroatoms. The van der Waals surface area contributed by atoms with Gasteiger partial charge in [0.25, 0.3) is 0 Å². The maximum absolute atomic E-state index is 6.03. The quantitative estimate of drug-likeness (QED) is 0.918. The van der Waals surface area contributed by atoms with Crippen LogP contribution >= 0.6 is 0 Å². The Bertz CT molecular complexity index is 480. The van der Waals surface area contributed by atoms with Crippen LogP contribution in [0, 0.1) is 5.92 Å². The number of hydrogen-bond acceptors (Lipinski definition) is 3. The van der Waals surface area contributed by atoms with Crippen LogP contribution in [-0.4, -0.2) is 23.9 Å². The van der Waals surface area contributed by atoms with Crippen LogP contribution < -0.4 is 5.73 Å². The summed E-state index contributed by atoms with van der Waals surface area (Å²) in [7, 11) is 0. The summed E-state index contributed by atoms with van der Waals surface area (Å²) in [4.78, 5) is 6.65. The average Bonchev–Trinajstić information content (AvgIpc) is 2.70. The van der Waals surface area contributed by atoms with Crippen molar-refractivity contribution in [3.8, 4) is 0 Å². The lowest BCUT2D eigenvalue weighted by molar-refractivity contribution is 0.309. The minimum absolute atomic E-state index is 0.196. The second-order valence-corrected chi connectivity index (χ2v) is 7.13. The molecule has 1 heterocycles. The molecular formula is C17H27N3. The van der Waals surface area contributed by atoms with Gasteiger partial charge in [-0.25, -0.2) is 0 Å². The average molecular weight is 273 g/mol. The monoisotopic (exact) mass is 273 g/mol. The molecule has 0 amide bonds. The standard InChI is InChI=1S/C17H27N3/c1-12(2)11-20-15(10-19-16(20)18)13-6-8-14(9-7-13)17(3,4)5/h6-9,12,15H,10-11H2,1-5H3,(H2,18,19). The van der Waals surface area contributed by atoms with E-state index in [-0.39, 0.29) is 5.41 Å². The van der Waals surface area contributed by atoms with Crippen molar-refractivity contribution >= 4 is 5.96 Å². The normalized spacial score (nSPS) is 19.6. The Kier molecular flexibility index (Phi) is 4.07. The number of hydrogen-bond donors (Lipinski definition) is 1. The van der Waals surface area contributed by atoms with Crippen LogP contribution in [0.3, 0.4) is 0 Å². The number of benzene rings is 1. The van der Waals surface area contributed by atoms with Crippen molar-refractivity contribution < 1.29 is 0 Å². The highest BCUT2D eigenvalue weighted by Gasteiger charge is 2.28. The van der Waals surface area contributed by atoms with Gasteiger partial charge in [0.2, 0.25) is 0 Å². The van der Waals surface area contributed by atoms with Gasteiger partial charge in [0.1, 0.15) is 0 Å². The molecule has 0 bridgehead atoms. The molecule has 2 rings (SSSR count). The SMILES string of the molecule is CC(C)CN1C(N)=NCC1c1ccc(C(C)(C)C)cc1. The molecule has 1 aromatic rings. The molecule has 1 unspecified atom stereocenters. The first-order chi connectivity index (χ1) is 9.29. The van der Waals surface area contributed by atoms with E-state index in [1.165, 1.54) is 11.1 Å². The molecule has 0 saturated carbocycles. The van der Waals surface area contributed by atoms with Crippen LogP contribution in [0.4, 0.5) is 0 Å². The van der Waals surface area contributed by atoms with Gasteiger partial charge in [-0.2, -0.15) is 0 Å². The van der Waals surface area contributed by atoms with Gasteiger partial charge >= 0.3 is 0 Å². The molecule has 20 heavy (non-hydrogen) atoms. The molecule has 3 nitrogen and oxygen atoms in total. The summed E-state index contributed by atoms with van der Waals surface area (Å²) in [5.74, 6) is 1.27. The van der Waals surface area contributed by atoms with Crippen LogP contribution in [0.5, 0.6) is 0 Å². The molecule has 0 aliphatic carbocycles. The maximum atomic E-state index is 6.03. The van der Waals surface area contributed by atoms with Gasteiger partial charge in [0.15, 0.2) is 5.96 Å². The topological polar surface area (TPSA) is 41.6 Å². The lowest BCUT2D eigenvalue weighted by Gasteiger charge is -2.28. The van der Waals surface area contributed by atoms with Crippen LogP contribution in [0.2, 0.25) is 0 Å². The molecule has 1 aromatic carbocycles. The molecule has 0 aromatic heterocycles. The van der Waals surface area contributed by atoms with Crippen LogP contribution in [-0.2, 0) is 5.41 Å². The Morgan fingerprint density at radius 3 is 2.35 bits per heavy atom. The van der Waals surface area contributed by atoms with Crippen LogP contribution in [0.25, 0.3) is 0 Å². The van der Waals surface area contributed by atoms with Crippen LogP contribution in [0.15, 0.2) is 29.3 Å². The number of guanidine groups is 1. The minimum atomic E-state index is 0.196. The van der Waals surface area contributed by atoms with E-state index in [2.05, 4.69) is 68.8 Å². The molecule has 0 spiro atoms. The van der Waals surface area contributed by atoms with Gasteiger partial charge < -0.3 is 10.6 Å². The lowest BCUT2D eigenvalue weighted by Crippen LogP contribution is -2.38. The maximum Gasteiger partial charge on any atom is 0.191 e. The zero-order valence-electron chi connectivity index (χ0n) is 13.4. The summed E-state index contributed by atoms with van der Waals surface area (Å²) in [5, 5.41) is 0. The summed E-state index contributed by atoms with van der Waals surface area (Å²) in [6, 6.07) is 9.22. The molecule has 0 fully saturated rings. The Morgan fingerprint density at radius 1 is 1.25 bits per heavy atom. The summed E-state index contributed by atoms with van der Waals surface area (Å²) in [5.41, 5.74) is 8.90. The Balaban J connectivity index is 2.19. The molecule has 1 aliphatic rings. The fourth-order valence-corrected chi connectivity index (χ4v) is 2.63. The van der Waals surface area contributed by atoms with Crippen LogP contribution in [0.1, 0.15) is 51.8 Å². The van der Waals surface area contributed by atoms with E-state index in [4.69, 9.17) is 5.73 Å². The molecular weight excluding hydrogens is 246 g/mol. The first kappa shape index (κ1) is 14.9. The van der Waals surface area contributed by atoms with Gasteiger partial charge in [-0.1, -0.05) is 58.9 Å².